The number of carbonyl (C=O) groups excluding carboxylic acids is 1. The van der Waals surface area contributed by atoms with Crippen LogP contribution < -0.4 is 11.1 Å². The molecule has 3 nitrogen and oxygen atoms in total. The SMILES string of the molecule is CC(NC(=O)C1C=CC(N)C1)C1CCCC1. The van der Waals surface area contributed by atoms with Crippen molar-refractivity contribution in [2.24, 2.45) is 17.6 Å². The van der Waals surface area contributed by atoms with E-state index in [0.29, 0.717) is 12.0 Å². The van der Waals surface area contributed by atoms with Crippen LogP contribution in [0.3, 0.4) is 0 Å². The minimum atomic E-state index is -0.00106. The van der Waals surface area contributed by atoms with Gasteiger partial charge in [-0.2, -0.15) is 0 Å². The lowest BCUT2D eigenvalue weighted by Gasteiger charge is -2.22. The van der Waals surface area contributed by atoms with E-state index in [1.54, 1.807) is 0 Å². The number of rotatable bonds is 3. The standard InChI is InChI=1S/C13H22N2O/c1-9(10-4-2-3-5-10)15-13(16)11-6-7-12(14)8-11/h6-7,9-12H,2-5,8,14H2,1H3,(H,15,16). The lowest BCUT2D eigenvalue weighted by atomic mass is 9.98. The molecule has 0 saturated heterocycles. The van der Waals surface area contributed by atoms with Gasteiger partial charge in [0.15, 0.2) is 0 Å². The van der Waals surface area contributed by atoms with Crippen molar-refractivity contribution in [3.8, 4) is 0 Å². The summed E-state index contributed by atoms with van der Waals surface area (Å²) in [5.41, 5.74) is 5.75. The van der Waals surface area contributed by atoms with Crippen LogP contribution in [-0.4, -0.2) is 18.0 Å². The van der Waals surface area contributed by atoms with E-state index in [0.717, 1.165) is 6.42 Å². The van der Waals surface area contributed by atoms with Gasteiger partial charge in [0.1, 0.15) is 0 Å². The molecule has 0 aromatic carbocycles. The molecule has 0 radical (unpaired) electrons. The topological polar surface area (TPSA) is 55.1 Å². The first-order chi connectivity index (χ1) is 7.66. The normalized spacial score (nSPS) is 31.9. The molecule has 1 saturated carbocycles. The first-order valence-corrected chi connectivity index (χ1v) is 6.41. The van der Waals surface area contributed by atoms with Crippen molar-refractivity contribution in [2.45, 2.75) is 51.1 Å². The number of nitrogens with one attached hydrogen (secondary N) is 1. The Balaban J connectivity index is 1.80. The summed E-state index contributed by atoms with van der Waals surface area (Å²) in [4.78, 5) is 11.9. The van der Waals surface area contributed by atoms with Crippen LogP contribution in [0.5, 0.6) is 0 Å². The average Bonchev–Trinajstić information content (AvgIpc) is 2.87. The van der Waals surface area contributed by atoms with E-state index in [9.17, 15) is 4.79 Å². The molecule has 90 valence electrons. The lowest BCUT2D eigenvalue weighted by Crippen LogP contribution is -2.40. The van der Waals surface area contributed by atoms with Crippen LogP contribution in [0.2, 0.25) is 0 Å². The lowest BCUT2D eigenvalue weighted by molar-refractivity contribution is -0.124. The Labute approximate surface area is 97.5 Å². The Kier molecular flexibility index (Phi) is 3.64. The van der Waals surface area contributed by atoms with E-state index < -0.39 is 0 Å². The first-order valence-electron chi connectivity index (χ1n) is 6.41. The predicted octanol–water partition coefficient (Wildman–Crippen LogP) is 1.58. The van der Waals surface area contributed by atoms with Crippen molar-refractivity contribution in [1.29, 1.82) is 0 Å². The van der Waals surface area contributed by atoms with E-state index in [-0.39, 0.29) is 17.9 Å². The van der Waals surface area contributed by atoms with Crippen molar-refractivity contribution >= 4 is 5.91 Å². The highest BCUT2D eigenvalue weighted by Crippen LogP contribution is 2.28. The Morgan fingerprint density at radius 2 is 2.06 bits per heavy atom. The summed E-state index contributed by atoms with van der Waals surface area (Å²) >= 11 is 0. The summed E-state index contributed by atoms with van der Waals surface area (Å²) in [6.45, 7) is 2.13. The second-order valence-electron chi connectivity index (χ2n) is 5.23. The second kappa shape index (κ2) is 5.00. The average molecular weight is 222 g/mol. The minimum Gasteiger partial charge on any atom is -0.353 e. The van der Waals surface area contributed by atoms with Gasteiger partial charge in [0.25, 0.3) is 0 Å². The van der Waals surface area contributed by atoms with Gasteiger partial charge in [-0.3, -0.25) is 4.79 Å². The largest absolute Gasteiger partial charge is 0.353 e. The predicted molar refractivity (Wildman–Crippen MR) is 64.8 cm³/mol. The molecule has 2 aliphatic rings. The summed E-state index contributed by atoms with van der Waals surface area (Å²) in [5.74, 6) is 0.838. The van der Waals surface area contributed by atoms with Crippen molar-refractivity contribution in [1.82, 2.24) is 5.32 Å². The van der Waals surface area contributed by atoms with Gasteiger partial charge in [0, 0.05) is 12.1 Å². The van der Waals surface area contributed by atoms with Gasteiger partial charge in [-0.25, -0.2) is 0 Å². The molecule has 3 atom stereocenters. The van der Waals surface area contributed by atoms with Crippen molar-refractivity contribution in [3.63, 3.8) is 0 Å². The number of hydrogen-bond donors (Lipinski definition) is 2. The van der Waals surface area contributed by atoms with Crippen LogP contribution in [0.1, 0.15) is 39.0 Å². The van der Waals surface area contributed by atoms with E-state index in [4.69, 9.17) is 5.73 Å². The smallest absolute Gasteiger partial charge is 0.227 e. The molecule has 3 unspecified atom stereocenters. The van der Waals surface area contributed by atoms with Gasteiger partial charge >= 0.3 is 0 Å². The molecule has 2 rings (SSSR count). The monoisotopic (exact) mass is 222 g/mol. The van der Waals surface area contributed by atoms with Crippen molar-refractivity contribution < 1.29 is 4.79 Å². The summed E-state index contributed by atoms with van der Waals surface area (Å²) in [5, 5.41) is 3.14. The fourth-order valence-corrected chi connectivity index (χ4v) is 2.83. The highest BCUT2D eigenvalue weighted by molar-refractivity contribution is 5.81. The van der Waals surface area contributed by atoms with Gasteiger partial charge in [0.2, 0.25) is 5.91 Å². The number of amides is 1. The molecule has 0 spiro atoms. The maximum Gasteiger partial charge on any atom is 0.227 e. The maximum atomic E-state index is 11.9. The fraction of sp³-hybridized carbons (Fsp3) is 0.769. The van der Waals surface area contributed by atoms with Gasteiger partial charge in [-0.1, -0.05) is 25.0 Å². The first kappa shape index (κ1) is 11.6. The van der Waals surface area contributed by atoms with Crippen molar-refractivity contribution in [2.75, 3.05) is 0 Å². The second-order valence-corrected chi connectivity index (χ2v) is 5.23. The molecular formula is C13H22N2O. The molecule has 0 heterocycles. The third-order valence-electron chi connectivity index (χ3n) is 3.93. The van der Waals surface area contributed by atoms with Crippen LogP contribution in [0, 0.1) is 11.8 Å². The minimum absolute atomic E-state index is 0.00106. The van der Waals surface area contributed by atoms with Crippen LogP contribution in [0.15, 0.2) is 12.2 Å². The molecule has 0 aromatic rings. The quantitative estimate of drug-likeness (QED) is 0.712. The van der Waals surface area contributed by atoms with E-state index >= 15 is 0 Å². The van der Waals surface area contributed by atoms with Gasteiger partial charge < -0.3 is 11.1 Å². The fourth-order valence-electron chi connectivity index (χ4n) is 2.83. The zero-order valence-electron chi connectivity index (χ0n) is 9.99. The number of carbonyl (C=O) groups is 1. The van der Waals surface area contributed by atoms with Crippen LogP contribution in [0.25, 0.3) is 0 Å². The third-order valence-corrected chi connectivity index (χ3v) is 3.93. The zero-order chi connectivity index (χ0) is 11.5. The Morgan fingerprint density at radius 3 is 2.62 bits per heavy atom. The molecule has 3 heteroatoms. The summed E-state index contributed by atoms with van der Waals surface area (Å²) in [7, 11) is 0. The van der Waals surface area contributed by atoms with E-state index in [1.807, 2.05) is 12.2 Å². The molecule has 0 aromatic heterocycles. The molecule has 1 fully saturated rings. The molecule has 1 amide bonds. The highest BCUT2D eigenvalue weighted by atomic mass is 16.1. The van der Waals surface area contributed by atoms with Crippen molar-refractivity contribution in [3.05, 3.63) is 12.2 Å². The maximum absolute atomic E-state index is 11.9. The number of nitrogens with two attached hydrogens (primary N) is 1. The van der Waals surface area contributed by atoms with Gasteiger partial charge in [0.05, 0.1) is 5.92 Å². The zero-order valence-corrected chi connectivity index (χ0v) is 9.99. The summed E-state index contributed by atoms with van der Waals surface area (Å²) < 4.78 is 0. The van der Waals surface area contributed by atoms with E-state index in [2.05, 4.69) is 12.2 Å². The molecule has 3 N–H and O–H groups in total. The summed E-state index contributed by atoms with van der Waals surface area (Å²) in [6, 6.07) is 0.387. The van der Waals surface area contributed by atoms with Crippen LogP contribution in [0.4, 0.5) is 0 Å². The molecule has 2 aliphatic carbocycles. The Morgan fingerprint density at radius 1 is 1.38 bits per heavy atom. The van der Waals surface area contributed by atoms with Gasteiger partial charge in [-0.15, -0.1) is 0 Å². The number of hydrogen-bond acceptors (Lipinski definition) is 2. The summed E-state index contributed by atoms with van der Waals surface area (Å²) in [6.07, 6.45) is 9.82. The van der Waals surface area contributed by atoms with Crippen LogP contribution in [-0.2, 0) is 4.79 Å². The van der Waals surface area contributed by atoms with E-state index in [1.165, 1.54) is 25.7 Å². The van der Waals surface area contributed by atoms with Gasteiger partial charge in [-0.05, 0) is 32.1 Å². The molecule has 0 bridgehead atoms. The highest BCUT2D eigenvalue weighted by Gasteiger charge is 2.27. The molecular weight excluding hydrogens is 200 g/mol. The molecule has 16 heavy (non-hydrogen) atoms. The Hall–Kier alpha value is -0.830. The van der Waals surface area contributed by atoms with Crippen LogP contribution >= 0.6 is 0 Å². The Bertz CT molecular complexity index is 282. The third kappa shape index (κ3) is 2.64. The molecule has 0 aliphatic heterocycles.